The Balaban J connectivity index is 1.96. The first kappa shape index (κ1) is 12.6. The molecule has 1 aromatic heterocycles. The van der Waals surface area contributed by atoms with E-state index in [0.717, 1.165) is 5.92 Å². The van der Waals surface area contributed by atoms with Crippen molar-refractivity contribution in [2.45, 2.75) is 51.6 Å². The van der Waals surface area contributed by atoms with Gasteiger partial charge in [-0.1, -0.05) is 19.8 Å². The van der Waals surface area contributed by atoms with Crippen molar-refractivity contribution >= 4 is 27.3 Å². The lowest BCUT2D eigenvalue weighted by Gasteiger charge is -2.32. The van der Waals surface area contributed by atoms with Crippen LogP contribution < -0.4 is 5.32 Å². The molecule has 1 nitrogen and oxygen atoms in total. The highest BCUT2D eigenvalue weighted by Gasteiger charge is 2.23. The van der Waals surface area contributed by atoms with Gasteiger partial charge in [0.25, 0.3) is 0 Å². The number of hydrogen-bond donors (Lipinski definition) is 1. The molecule has 1 aliphatic rings. The summed E-state index contributed by atoms with van der Waals surface area (Å²) in [5.74, 6) is 0.829. The summed E-state index contributed by atoms with van der Waals surface area (Å²) >= 11 is 5.46. The molecule has 3 heteroatoms. The largest absolute Gasteiger partial charge is 0.306 e. The van der Waals surface area contributed by atoms with Crippen LogP contribution in [-0.4, -0.2) is 6.04 Å². The maximum atomic E-state index is 3.79. The zero-order valence-electron chi connectivity index (χ0n) is 10.0. The second-order valence-corrected chi connectivity index (χ2v) is 6.69. The van der Waals surface area contributed by atoms with Crippen molar-refractivity contribution in [2.24, 2.45) is 5.92 Å². The summed E-state index contributed by atoms with van der Waals surface area (Å²) in [6.07, 6.45) is 5.53. The van der Waals surface area contributed by atoms with Crippen molar-refractivity contribution < 1.29 is 0 Å². The summed E-state index contributed by atoms with van der Waals surface area (Å²) in [6.45, 7) is 4.66. The molecule has 1 saturated carbocycles. The normalized spacial score (nSPS) is 27.9. The fourth-order valence-corrected chi connectivity index (χ4v) is 4.31. The van der Waals surface area contributed by atoms with Crippen molar-refractivity contribution in [2.75, 3.05) is 0 Å². The van der Waals surface area contributed by atoms with E-state index in [4.69, 9.17) is 0 Å². The van der Waals surface area contributed by atoms with Gasteiger partial charge in [0, 0.05) is 21.4 Å². The first-order chi connectivity index (χ1) is 7.68. The van der Waals surface area contributed by atoms with Crippen molar-refractivity contribution in [3.05, 3.63) is 20.8 Å². The minimum atomic E-state index is 0.472. The summed E-state index contributed by atoms with van der Waals surface area (Å²) in [7, 11) is 0. The number of nitrogens with one attached hydrogen (secondary N) is 1. The maximum Gasteiger partial charge on any atom is 0.0399 e. The molecule has 0 aliphatic heterocycles. The monoisotopic (exact) mass is 301 g/mol. The first-order valence-corrected chi connectivity index (χ1v) is 7.84. The molecule has 0 spiro atoms. The zero-order chi connectivity index (χ0) is 11.5. The molecule has 0 bridgehead atoms. The van der Waals surface area contributed by atoms with Gasteiger partial charge in [-0.25, -0.2) is 0 Å². The van der Waals surface area contributed by atoms with Crippen LogP contribution >= 0.6 is 27.3 Å². The predicted octanol–water partition coefficient (Wildman–Crippen LogP) is 4.74. The van der Waals surface area contributed by atoms with Crippen LogP contribution in [0.15, 0.2) is 15.9 Å². The van der Waals surface area contributed by atoms with Crippen LogP contribution in [0.4, 0.5) is 0 Å². The Morgan fingerprint density at radius 2 is 2.19 bits per heavy atom. The number of rotatable bonds is 3. The molecule has 0 saturated heterocycles. The molecule has 0 radical (unpaired) electrons. The second-order valence-electron chi connectivity index (χ2n) is 4.89. The molecule has 3 atom stereocenters. The Morgan fingerprint density at radius 1 is 1.44 bits per heavy atom. The van der Waals surface area contributed by atoms with E-state index in [1.807, 2.05) is 11.3 Å². The molecular weight excluding hydrogens is 282 g/mol. The van der Waals surface area contributed by atoms with Gasteiger partial charge < -0.3 is 5.32 Å². The molecule has 1 fully saturated rings. The van der Waals surface area contributed by atoms with E-state index in [1.165, 1.54) is 35.0 Å². The average molecular weight is 302 g/mol. The Kier molecular flexibility index (Phi) is 4.45. The Labute approximate surface area is 111 Å². The fourth-order valence-electron chi connectivity index (χ4n) is 2.58. The highest BCUT2D eigenvalue weighted by molar-refractivity contribution is 9.10. The van der Waals surface area contributed by atoms with Crippen molar-refractivity contribution in [3.63, 3.8) is 0 Å². The fraction of sp³-hybridized carbons (Fsp3) is 0.692. The van der Waals surface area contributed by atoms with E-state index in [0.29, 0.717) is 12.1 Å². The third-order valence-corrected chi connectivity index (χ3v) is 5.67. The molecule has 1 aliphatic carbocycles. The average Bonchev–Trinajstić information content (AvgIpc) is 2.68. The molecular formula is C13H20BrNS. The quantitative estimate of drug-likeness (QED) is 0.850. The van der Waals surface area contributed by atoms with Gasteiger partial charge in [-0.05, 0) is 53.1 Å². The second kappa shape index (κ2) is 5.65. The van der Waals surface area contributed by atoms with Crippen molar-refractivity contribution in [1.82, 2.24) is 5.32 Å². The van der Waals surface area contributed by atoms with E-state index in [2.05, 4.69) is 46.5 Å². The third kappa shape index (κ3) is 2.88. The predicted molar refractivity (Wildman–Crippen MR) is 75.0 cm³/mol. The van der Waals surface area contributed by atoms with E-state index < -0.39 is 0 Å². The molecule has 1 heterocycles. The number of thiophene rings is 1. The smallest absolute Gasteiger partial charge is 0.0399 e. The van der Waals surface area contributed by atoms with Gasteiger partial charge in [0.1, 0.15) is 0 Å². The van der Waals surface area contributed by atoms with Crippen molar-refractivity contribution in [1.29, 1.82) is 0 Å². The SMILES string of the molecule is CC(NC1CCCCC1C)c1sccc1Br. The van der Waals surface area contributed by atoms with E-state index in [9.17, 15) is 0 Å². The van der Waals surface area contributed by atoms with Crippen LogP contribution in [0.5, 0.6) is 0 Å². The van der Waals surface area contributed by atoms with Crippen LogP contribution in [0, 0.1) is 5.92 Å². The summed E-state index contributed by atoms with van der Waals surface area (Å²) in [4.78, 5) is 1.43. The highest BCUT2D eigenvalue weighted by atomic mass is 79.9. The van der Waals surface area contributed by atoms with Crippen LogP contribution in [0.2, 0.25) is 0 Å². The summed E-state index contributed by atoms with van der Waals surface area (Å²) in [5.41, 5.74) is 0. The van der Waals surface area contributed by atoms with E-state index in [-0.39, 0.29) is 0 Å². The maximum absolute atomic E-state index is 3.79. The number of hydrogen-bond acceptors (Lipinski definition) is 2. The van der Waals surface area contributed by atoms with E-state index >= 15 is 0 Å². The summed E-state index contributed by atoms with van der Waals surface area (Å²) in [6, 6.07) is 3.32. The molecule has 3 unspecified atom stereocenters. The highest BCUT2D eigenvalue weighted by Crippen LogP contribution is 2.31. The molecule has 1 N–H and O–H groups in total. The first-order valence-electron chi connectivity index (χ1n) is 6.17. The summed E-state index contributed by atoms with van der Waals surface area (Å²) < 4.78 is 1.25. The van der Waals surface area contributed by atoms with Gasteiger partial charge in [0.05, 0.1) is 0 Å². The minimum Gasteiger partial charge on any atom is -0.306 e. The molecule has 90 valence electrons. The van der Waals surface area contributed by atoms with Crippen LogP contribution in [0.3, 0.4) is 0 Å². The standard InChI is InChI=1S/C13H20BrNS/c1-9-5-3-4-6-12(9)15-10(2)13-11(14)7-8-16-13/h7-10,12,15H,3-6H2,1-2H3. The Bertz CT molecular complexity index is 336. The van der Waals surface area contributed by atoms with Gasteiger partial charge in [-0.3, -0.25) is 0 Å². The Hall–Kier alpha value is 0.140. The molecule has 2 rings (SSSR count). The zero-order valence-corrected chi connectivity index (χ0v) is 12.4. The van der Waals surface area contributed by atoms with Crippen LogP contribution in [-0.2, 0) is 0 Å². The molecule has 1 aromatic rings. The Morgan fingerprint density at radius 3 is 2.81 bits per heavy atom. The molecule has 0 amide bonds. The van der Waals surface area contributed by atoms with Gasteiger partial charge >= 0.3 is 0 Å². The lowest BCUT2D eigenvalue weighted by Crippen LogP contribution is -2.38. The molecule has 16 heavy (non-hydrogen) atoms. The lowest BCUT2D eigenvalue weighted by atomic mass is 9.85. The van der Waals surface area contributed by atoms with E-state index in [1.54, 1.807) is 0 Å². The van der Waals surface area contributed by atoms with Gasteiger partial charge in [0.15, 0.2) is 0 Å². The third-order valence-electron chi connectivity index (χ3n) is 3.61. The van der Waals surface area contributed by atoms with Gasteiger partial charge in [0.2, 0.25) is 0 Å². The van der Waals surface area contributed by atoms with Gasteiger partial charge in [-0.2, -0.15) is 0 Å². The summed E-state index contributed by atoms with van der Waals surface area (Å²) in [5, 5.41) is 5.95. The number of halogens is 1. The van der Waals surface area contributed by atoms with Crippen molar-refractivity contribution in [3.8, 4) is 0 Å². The minimum absolute atomic E-state index is 0.472. The van der Waals surface area contributed by atoms with Gasteiger partial charge in [-0.15, -0.1) is 11.3 Å². The topological polar surface area (TPSA) is 12.0 Å². The van der Waals surface area contributed by atoms with Crippen LogP contribution in [0.1, 0.15) is 50.4 Å². The molecule has 0 aromatic carbocycles. The lowest BCUT2D eigenvalue weighted by molar-refractivity contribution is 0.264. The van der Waals surface area contributed by atoms with Crippen LogP contribution in [0.25, 0.3) is 0 Å².